The molecular formula is C17H15N7O5S2. The molecule has 3 N–H and O–H groups in total. The van der Waals surface area contributed by atoms with Crippen molar-refractivity contribution in [3.05, 3.63) is 54.6 Å². The number of para-hydroxylation sites is 2. The van der Waals surface area contributed by atoms with Gasteiger partial charge >= 0.3 is 5.91 Å². The molecule has 0 fully saturated rings. The molecule has 0 saturated heterocycles. The first-order valence-electron chi connectivity index (χ1n) is 8.64. The number of amides is 1. The lowest BCUT2D eigenvalue weighted by molar-refractivity contribution is -0.112. The van der Waals surface area contributed by atoms with Crippen molar-refractivity contribution in [2.45, 2.75) is 10.1 Å². The maximum absolute atomic E-state index is 13.1. The van der Waals surface area contributed by atoms with E-state index in [1.807, 2.05) is 0 Å². The van der Waals surface area contributed by atoms with Crippen LogP contribution in [0.25, 0.3) is 0 Å². The van der Waals surface area contributed by atoms with E-state index in [0.29, 0.717) is 5.69 Å². The number of nitrogens with one attached hydrogen (secondary N) is 3. The molecule has 2 aromatic carbocycles. The minimum atomic E-state index is -4.28. The van der Waals surface area contributed by atoms with Crippen LogP contribution in [-0.2, 0) is 24.5 Å². The number of benzene rings is 2. The molecular weight excluding hydrogens is 446 g/mol. The molecule has 14 heteroatoms. The summed E-state index contributed by atoms with van der Waals surface area (Å²) in [5.41, 5.74) is 5.77. The molecule has 1 aliphatic heterocycles. The van der Waals surface area contributed by atoms with Gasteiger partial charge in [-0.25, -0.2) is 32.4 Å². The van der Waals surface area contributed by atoms with Crippen molar-refractivity contribution in [1.82, 2.24) is 15.2 Å². The standard InChI is InChI=1S/C17H15N7O5S2/c1-30(26,27)17-18-16(21-22-17)20-19-14-15(25)24(23-11-7-3-2-4-8-11)12-9-5-6-10-13(12)31(14,28)29/h2-10,23H,1H3,(H2,18,20,21,22). The van der Waals surface area contributed by atoms with Crippen LogP contribution in [0.15, 0.2) is 69.8 Å². The summed E-state index contributed by atoms with van der Waals surface area (Å²) in [5.74, 6) is -1.27. The molecule has 0 saturated carbocycles. The zero-order valence-corrected chi connectivity index (χ0v) is 17.5. The maximum Gasteiger partial charge on any atom is 0.309 e. The normalized spacial score (nSPS) is 16.7. The fraction of sp³-hybridized carbons (Fsp3) is 0.0588. The van der Waals surface area contributed by atoms with E-state index in [1.54, 1.807) is 36.4 Å². The minimum absolute atomic E-state index is 0.132. The Morgan fingerprint density at radius 3 is 2.42 bits per heavy atom. The molecule has 0 unspecified atom stereocenters. The number of hydrazone groups is 1. The predicted octanol–water partition coefficient (Wildman–Crippen LogP) is 0.781. The number of sulfone groups is 2. The summed E-state index contributed by atoms with van der Waals surface area (Å²) in [6, 6.07) is 14.6. The van der Waals surface area contributed by atoms with Gasteiger partial charge in [0.15, 0.2) is 0 Å². The van der Waals surface area contributed by atoms with Crippen LogP contribution in [0, 0.1) is 0 Å². The monoisotopic (exact) mass is 461 g/mol. The molecule has 1 aliphatic rings. The molecule has 4 rings (SSSR count). The lowest BCUT2D eigenvalue weighted by Gasteiger charge is -2.30. The molecule has 1 amide bonds. The molecule has 3 aromatic rings. The number of H-pyrrole nitrogens is 1. The molecule has 31 heavy (non-hydrogen) atoms. The van der Waals surface area contributed by atoms with E-state index in [1.165, 1.54) is 18.2 Å². The molecule has 0 spiro atoms. The second-order valence-corrected chi connectivity index (χ2v) is 10.1. The molecule has 2 heterocycles. The summed E-state index contributed by atoms with van der Waals surface area (Å²) in [6.07, 6.45) is 0.919. The number of anilines is 3. The van der Waals surface area contributed by atoms with E-state index in [-0.39, 0.29) is 16.5 Å². The van der Waals surface area contributed by atoms with Crippen LogP contribution in [-0.4, -0.2) is 49.2 Å². The van der Waals surface area contributed by atoms with E-state index in [2.05, 4.69) is 31.1 Å². The second kappa shape index (κ2) is 7.48. The fourth-order valence-electron chi connectivity index (χ4n) is 2.72. The van der Waals surface area contributed by atoms with Crippen molar-refractivity contribution in [3.63, 3.8) is 0 Å². The first-order valence-corrected chi connectivity index (χ1v) is 12.0. The number of hydrogen-bond acceptors (Lipinski definition) is 10. The van der Waals surface area contributed by atoms with Crippen LogP contribution in [0.3, 0.4) is 0 Å². The van der Waals surface area contributed by atoms with Gasteiger partial charge in [0.05, 0.1) is 16.3 Å². The van der Waals surface area contributed by atoms with Gasteiger partial charge in [-0.15, -0.1) is 5.10 Å². The number of hydrogen-bond donors (Lipinski definition) is 3. The Morgan fingerprint density at radius 2 is 1.74 bits per heavy atom. The van der Waals surface area contributed by atoms with Gasteiger partial charge in [0.25, 0.3) is 5.95 Å². The Bertz CT molecular complexity index is 1400. The summed E-state index contributed by atoms with van der Waals surface area (Å²) in [5, 5.41) is 9.27. The van der Waals surface area contributed by atoms with E-state index >= 15 is 0 Å². The number of rotatable bonds is 5. The summed E-state index contributed by atoms with van der Waals surface area (Å²) < 4.78 is 49.0. The third kappa shape index (κ3) is 3.85. The van der Waals surface area contributed by atoms with Crippen LogP contribution in [0.5, 0.6) is 0 Å². The van der Waals surface area contributed by atoms with Gasteiger partial charge in [0.1, 0.15) is 0 Å². The van der Waals surface area contributed by atoms with Crippen LogP contribution >= 0.6 is 0 Å². The highest BCUT2D eigenvalue weighted by atomic mass is 32.2. The number of carbonyl (C=O) groups is 1. The highest BCUT2D eigenvalue weighted by Crippen LogP contribution is 2.32. The Balaban J connectivity index is 1.75. The van der Waals surface area contributed by atoms with Crippen molar-refractivity contribution in [3.8, 4) is 0 Å². The Hall–Kier alpha value is -3.78. The van der Waals surface area contributed by atoms with Gasteiger partial charge in [-0.3, -0.25) is 10.2 Å². The van der Waals surface area contributed by atoms with E-state index in [9.17, 15) is 21.6 Å². The van der Waals surface area contributed by atoms with Crippen molar-refractivity contribution < 1.29 is 21.6 Å². The first-order chi connectivity index (χ1) is 14.7. The van der Waals surface area contributed by atoms with Crippen LogP contribution in [0.1, 0.15) is 0 Å². The second-order valence-electron chi connectivity index (χ2n) is 6.35. The lowest BCUT2D eigenvalue weighted by atomic mass is 10.3. The van der Waals surface area contributed by atoms with E-state index < -0.39 is 35.8 Å². The van der Waals surface area contributed by atoms with Crippen molar-refractivity contribution >= 4 is 47.9 Å². The number of aromatic nitrogens is 3. The number of fused-ring (bicyclic) bond motifs is 1. The zero-order chi connectivity index (χ0) is 22.2. The highest BCUT2D eigenvalue weighted by molar-refractivity contribution is 8.08. The van der Waals surface area contributed by atoms with Crippen molar-refractivity contribution in [1.29, 1.82) is 0 Å². The molecule has 0 aliphatic carbocycles. The smallest absolute Gasteiger partial charge is 0.291 e. The zero-order valence-electron chi connectivity index (χ0n) is 15.8. The summed E-state index contributed by atoms with van der Waals surface area (Å²) >= 11 is 0. The predicted molar refractivity (Wildman–Crippen MR) is 112 cm³/mol. The number of aromatic amines is 1. The molecule has 0 radical (unpaired) electrons. The van der Waals surface area contributed by atoms with Crippen LogP contribution in [0.2, 0.25) is 0 Å². The SMILES string of the molecule is CS(=O)(=O)c1nc(NN=C2C(=O)N(Nc3ccccc3)c3ccccc3S2(=O)=O)n[nH]1. The molecule has 12 nitrogen and oxygen atoms in total. The number of nitrogens with zero attached hydrogens (tertiary/aromatic N) is 4. The fourth-order valence-corrected chi connectivity index (χ4v) is 4.57. The van der Waals surface area contributed by atoms with Gasteiger partial charge in [0, 0.05) is 6.26 Å². The number of carbonyl (C=O) groups excluding carboxylic acids is 1. The van der Waals surface area contributed by atoms with E-state index in [0.717, 1.165) is 11.3 Å². The lowest BCUT2D eigenvalue weighted by Crippen LogP contribution is -2.48. The van der Waals surface area contributed by atoms with Crippen molar-refractivity contribution in [2.24, 2.45) is 5.10 Å². The molecule has 1 aromatic heterocycles. The average molecular weight is 461 g/mol. The van der Waals surface area contributed by atoms with Crippen molar-refractivity contribution in [2.75, 3.05) is 22.1 Å². The molecule has 0 bridgehead atoms. The van der Waals surface area contributed by atoms with Crippen LogP contribution < -0.4 is 15.9 Å². The Morgan fingerprint density at radius 1 is 1.06 bits per heavy atom. The quantitative estimate of drug-likeness (QED) is 0.465. The third-order valence-corrected chi connectivity index (χ3v) is 6.71. The number of hydrazine groups is 1. The summed E-state index contributed by atoms with van der Waals surface area (Å²) in [4.78, 5) is 16.6. The largest absolute Gasteiger partial charge is 0.309 e. The third-order valence-electron chi connectivity index (χ3n) is 4.12. The molecule has 160 valence electrons. The Labute approximate surface area is 176 Å². The maximum atomic E-state index is 13.1. The van der Waals surface area contributed by atoms with Gasteiger partial charge in [0.2, 0.25) is 29.9 Å². The topological polar surface area (TPSA) is 167 Å². The average Bonchev–Trinajstić information content (AvgIpc) is 3.21. The Kier molecular flexibility index (Phi) is 4.94. The minimum Gasteiger partial charge on any atom is -0.291 e. The van der Waals surface area contributed by atoms with E-state index in [4.69, 9.17) is 0 Å². The summed E-state index contributed by atoms with van der Waals surface area (Å²) in [7, 11) is -7.94. The summed E-state index contributed by atoms with van der Waals surface area (Å²) in [6.45, 7) is 0. The van der Waals surface area contributed by atoms with Crippen LogP contribution in [0.4, 0.5) is 17.3 Å². The van der Waals surface area contributed by atoms with Gasteiger partial charge in [-0.1, -0.05) is 30.3 Å². The van der Waals surface area contributed by atoms with Gasteiger partial charge in [-0.2, -0.15) is 10.1 Å². The highest BCUT2D eigenvalue weighted by Gasteiger charge is 2.42. The van der Waals surface area contributed by atoms with Gasteiger partial charge in [-0.05, 0) is 24.3 Å². The van der Waals surface area contributed by atoms with Gasteiger partial charge < -0.3 is 0 Å². The first kappa shape index (κ1) is 20.5. The molecule has 0 atom stereocenters.